The van der Waals surface area contributed by atoms with Crippen molar-refractivity contribution < 1.29 is 57.9 Å². The molecule has 15 nitrogen and oxygen atoms in total. The highest BCUT2D eigenvalue weighted by Gasteiger charge is 2.21. The van der Waals surface area contributed by atoms with Crippen LogP contribution in [0.25, 0.3) is 0 Å². The summed E-state index contributed by atoms with van der Waals surface area (Å²) in [5, 5.41) is 26.0. The number of hydrogen-bond acceptors (Lipinski definition) is 10. The third kappa shape index (κ3) is 34.6. The number of hydrogen-bond donors (Lipinski definition) is 5. The summed E-state index contributed by atoms with van der Waals surface area (Å²) < 4.78 is 21.3. The van der Waals surface area contributed by atoms with Gasteiger partial charge in [-0.05, 0) is 19.3 Å². The molecule has 0 aromatic carbocycles. The molecule has 0 aromatic heterocycles. The van der Waals surface area contributed by atoms with E-state index >= 15 is 0 Å². The lowest BCUT2D eigenvalue weighted by atomic mass is 9.91. The third-order valence-corrected chi connectivity index (χ3v) is 8.52. The van der Waals surface area contributed by atoms with E-state index in [2.05, 4.69) is 16.0 Å². The fraction of sp³-hybridized carbons (Fsp3) is 0.846. The monoisotopic (exact) mass is 774 g/mol. The van der Waals surface area contributed by atoms with E-state index in [0.717, 1.165) is 38.5 Å². The molecule has 0 rings (SSSR count). The van der Waals surface area contributed by atoms with Gasteiger partial charge in [-0.3, -0.25) is 24.0 Å². The van der Waals surface area contributed by atoms with Crippen molar-refractivity contribution in [1.29, 1.82) is 0 Å². The zero-order valence-corrected chi connectivity index (χ0v) is 33.4. The first-order chi connectivity index (χ1) is 25.8. The molecule has 0 bridgehead atoms. The summed E-state index contributed by atoms with van der Waals surface area (Å²) in [7, 11) is 0. The summed E-state index contributed by atoms with van der Waals surface area (Å²) in [6, 6.07) is -1.13. The Labute approximate surface area is 322 Å². The van der Waals surface area contributed by atoms with Crippen LogP contribution in [0.15, 0.2) is 0 Å². The van der Waals surface area contributed by atoms with Crippen molar-refractivity contribution >= 4 is 35.4 Å². The van der Waals surface area contributed by atoms with Crippen molar-refractivity contribution in [1.82, 2.24) is 16.0 Å². The van der Waals surface area contributed by atoms with Crippen molar-refractivity contribution in [3.63, 3.8) is 0 Å². The molecule has 0 fully saturated rings. The molecule has 0 saturated carbocycles. The first kappa shape index (κ1) is 50.9. The molecule has 0 heterocycles. The minimum Gasteiger partial charge on any atom is -0.481 e. The molecular formula is C39H71N3O12. The standard InChI is InChI=1S/C39H71N3O12/c1-39(2,3)33(43)30-53-28-26-52-25-23-41-36(46)31-54-29-27-51-24-22-40-34(44)21-20-32(38(49)50)42-35(45)18-16-14-12-10-8-6-4-5-7-9-11-13-15-17-19-37(47)48/h32H,4-31H2,1-3H3,(H,40,44)(H,41,46)(H,42,45)(H,47,48)(H,49,50)/t32-/m0/s1. The molecule has 0 saturated heterocycles. The minimum atomic E-state index is -1.18. The average Bonchev–Trinajstić information content (AvgIpc) is 3.11. The summed E-state index contributed by atoms with van der Waals surface area (Å²) in [5.41, 5.74) is -0.435. The second-order valence-electron chi connectivity index (χ2n) is 14.5. The number of aliphatic carboxylic acids is 2. The van der Waals surface area contributed by atoms with Gasteiger partial charge in [0.15, 0.2) is 5.78 Å². The van der Waals surface area contributed by atoms with Gasteiger partial charge in [0, 0.05) is 37.8 Å². The van der Waals surface area contributed by atoms with Crippen molar-refractivity contribution in [2.75, 3.05) is 65.9 Å². The molecular weight excluding hydrogens is 702 g/mol. The van der Waals surface area contributed by atoms with Crippen LogP contribution in [0.3, 0.4) is 0 Å². The lowest BCUT2D eigenvalue weighted by Crippen LogP contribution is -2.41. The summed E-state index contributed by atoms with van der Waals surface area (Å²) in [4.78, 5) is 70.1. The maximum Gasteiger partial charge on any atom is 0.326 e. The van der Waals surface area contributed by atoms with Crippen LogP contribution < -0.4 is 16.0 Å². The van der Waals surface area contributed by atoms with Gasteiger partial charge in [0.1, 0.15) is 19.3 Å². The molecule has 314 valence electrons. The van der Waals surface area contributed by atoms with Crippen LogP contribution >= 0.6 is 0 Å². The Morgan fingerprint density at radius 1 is 0.500 bits per heavy atom. The molecule has 3 amide bonds. The van der Waals surface area contributed by atoms with Crippen LogP contribution in [0.5, 0.6) is 0 Å². The van der Waals surface area contributed by atoms with Crippen LogP contribution in [-0.4, -0.2) is 118 Å². The number of carbonyl (C=O) groups excluding carboxylic acids is 4. The van der Waals surface area contributed by atoms with Crippen molar-refractivity contribution in [2.45, 2.75) is 142 Å². The smallest absolute Gasteiger partial charge is 0.326 e. The maximum absolute atomic E-state index is 12.3. The summed E-state index contributed by atoms with van der Waals surface area (Å²) in [5.74, 6) is -2.83. The number of carboxylic acid groups (broad SMARTS) is 2. The minimum absolute atomic E-state index is 0.0170. The molecule has 0 spiro atoms. The van der Waals surface area contributed by atoms with Crippen LogP contribution in [0.1, 0.15) is 136 Å². The molecule has 5 N–H and O–H groups in total. The number of unbranched alkanes of at least 4 members (excludes halogenated alkanes) is 13. The van der Waals surface area contributed by atoms with E-state index in [4.69, 9.17) is 24.1 Å². The van der Waals surface area contributed by atoms with E-state index in [1.54, 1.807) is 0 Å². The maximum atomic E-state index is 12.3. The number of ether oxygens (including phenoxy) is 4. The van der Waals surface area contributed by atoms with Crippen LogP contribution in [-0.2, 0) is 47.7 Å². The molecule has 0 radical (unpaired) electrons. The zero-order chi connectivity index (χ0) is 40.3. The van der Waals surface area contributed by atoms with E-state index in [0.29, 0.717) is 32.8 Å². The molecule has 54 heavy (non-hydrogen) atoms. The fourth-order valence-corrected chi connectivity index (χ4v) is 5.13. The van der Waals surface area contributed by atoms with Gasteiger partial charge in [0.25, 0.3) is 0 Å². The molecule has 15 heteroatoms. The van der Waals surface area contributed by atoms with Gasteiger partial charge in [0.05, 0.1) is 39.6 Å². The summed E-state index contributed by atoms with van der Waals surface area (Å²) >= 11 is 0. The Bertz CT molecular complexity index is 1030. The second kappa shape index (κ2) is 34.4. The van der Waals surface area contributed by atoms with E-state index in [9.17, 15) is 33.9 Å². The van der Waals surface area contributed by atoms with Gasteiger partial charge in [-0.25, -0.2) is 4.79 Å². The van der Waals surface area contributed by atoms with E-state index < -0.39 is 23.4 Å². The van der Waals surface area contributed by atoms with Crippen molar-refractivity contribution in [3.8, 4) is 0 Å². The number of rotatable bonds is 38. The number of ketones is 1. The Morgan fingerprint density at radius 2 is 0.926 bits per heavy atom. The lowest BCUT2D eigenvalue weighted by molar-refractivity contribution is -0.142. The topological polar surface area (TPSA) is 216 Å². The number of carboxylic acids is 2. The van der Waals surface area contributed by atoms with Gasteiger partial charge >= 0.3 is 11.9 Å². The second-order valence-corrected chi connectivity index (χ2v) is 14.5. The first-order valence-corrected chi connectivity index (χ1v) is 19.9. The highest BCUT2D eigenvalue weighted by molar-refractivity contribution is 5.85. The largest absolute Gasteiger partial charge is 0.481 e. The average molecular weight is 774 g/mol. The normalized spacial score (nSPS) is 11.9. The Kier molecular flexibility index (Phi) is 32.4. The number of amides is 3. The predicted octanol–water partition coefficient (Wildman–Crippen LogP) is 4.58. The van der Waals surface area contributed by atoms with Gasteiger partial charge in [-0.1, -0.05) is 97.8 Å². The van der Waals surface area contributed by atoms with Gasteiger partial charge < -0.3 is 45.1 Å². The van der Waals surface area contributed by atoms with E-state index in [-0.39, 0.29) is 88.8 Å². The first-order valence-electron chi connectivity index (χ1n) is 19.9. The predicted molar refractivity (Wildman–Crippen MR) is 204 cm³/mol. The molecule has 0 aliphatic heterocycles. The Hall–Kier alpha value is -3.14. The highest BCUT2D eigenvalue weighted by Crippen LogP contribution is 2.15. The molecule has 0 unspecified atom stereocenters. The Morgan fingerprint density at radius 3 is 1.39 bits per heavy atom. The molecule has 0 aliphatic carbocycles. The van der Waals surface area contributed by atoms with Gasteiger partial charge in [0.2, 0.25) is 17.7 Å². The molecule has 1 atom stereocenters. The third-order valence-electron chi connectivity index (χ3n) is 8.52. The molecule has 0 aliphatic rings. The summed E-state index contributed by atoms with van der Waals surface area (Å²) in [6.07, 6.45) is 15.6. The SMILES string of the molecule is CC(C)(C)C(=O)COCCOCCNC(=O)COCCOCCNC(=O)CC[C@H](NC(=O)CCCCCCCCCCCCCCCCC(=O)O)C(=O)O. The Balaban J connectivity index is 3.67. The van der Waals surface area contributed by atoms with Gasteiger partial charge in [-0.2, -0.15) is 0 Å². The highest BCUT2D eigenvalue weighted by atomic mass is 16.5. The number of carbonyl (C=O) groups is 6. The fourth-order valence-electron chi connectivity index (χ4n) is 5.13. The lowest BCUT2D eigenvalue weighted by Gasteiger charge is -2.16. The van der Waals surface area contributed by atoms with Crippen molar-refractivity contribution in [3.05, 3.63) is 0 Å². The quantitative estimate of drug-likeness (QED) is 0.0546. The van der Waals surface area contributed by atoms with Gasteiger partial charge in [-0.15, -0.1) is 0 Å². The summed E-state index contributed by atoms with van der Waals surface area (Å²) in [6.45, 7) is 7.48. The van der Waals surface area contributed by atoms with Crippen LogP contribution in [0.2, 0.25) is 0 Å². The van der Waals surface area contributed by atoms with E-state index in [1.807, 2.05) is 20.8 Å². The zero-order valence-electron chi connectivity index (χ0n) is 33.4. The number of nitrogens with one attached hydrogen (secondary N) is 3. The van der Waals surface area contributed by atoms with Crippen molar-refractivity contribution in [2.24, 2.45) is 5.41 Å². The van der Waals surface area contributed by atoms with E-state index in [1.165, 1.54) is 44.9 Å². The molecule has 0 aromatic rings. The van der Waals surface area contributed by atoms with Crippen LogP contribution in [0.4, 0.5) is 0 Å². The number of Topliss-reactive ketones (excluding diaryl/α,β-unsaturated/α-hetero) is 1. The van der Waals surface area contributed by atoms with Crippen LogP contribution in [0, 0.1) is 5.41 Å².